The minimum atomic E-state index is -0.763. The minimum absolute atomic E-state index is 0.0132. The van der Waals surface area contributed by atoms with Crippen LogP contribution in [-0.4, -0.2) is 29.2 Å². The van der Waals surface area contributed by atoms with Gasteiger partial charge in [-0.25, -0.2) is 0 Å². The van der Waals surface area contributed by atoms with Crippen LogP contribution in [-0.2, 0) is 4.79 Å². The highest BCUT2D eigenvalue weighted by atomic mass is 16.3. The molecule has 2 atom stereocenters. The summed E-state index contributed by atoms with van der Waals surface area (Å²) in [6.07, 6.45) is 0.377. The summed E-state index contributed by atoms with van der Waals surface area (Å²) in [6.45, 7) is 10.2. The summed E-state index contributed by atoms with van der Waals surface area (Å²) in [5, 5.41) is 16.3. The van der Waals surface area contributed by atoms with Crippen LogP contribution >= 0.6 is 0 Å². The number of aliphatic hydroxyl groups is 1. The van der Waals surface area contributed by atoms with Gasteiger partial charge in [0.2, 0.25) is 5.91 Å². The zero-order chi connectivity index (χ0) is 16.0. The Hall–Kier alpha value is -1.39. The molecular formula is C17H28N2O2. The third-order valence-corrected chi connectivity index (χ3v) is 3.96. The molecule has 0 aliphatic rings. The van der Waals surface area contributed by atoms with Crippen molar-refractivity contribution in [1.82, 2.24) is 5.32 Å². The van der Waals surface area contributed by atoms with E-state index in [-0.39, 0.29) is 17.9 Å². The molecule has 1 aromatic rings. The van der Waals surface area contributed by atoms with E-state index in [1.54, 1.807) is 0 Å². The van der Waals surface area contributed by atoms with Gasteiger partial charge in [-0.1, -0.05) is 32.0 Å². The molecule has 4 heteroatoms. The van der Waals surface area contributed by atoms with E-state index in [0.29, 0.717) is 13.0 Å². The minimum Gasteiger partial charge on any atom is -0.389 e. The molecule has 0 fully saturated rings. The Kier molecular flexibility index (Phi) is 6.37. The molecule has 0 bridgehead atoms. The lowest BCUT2D eigenvalue weighted by Gasteiger charge is -2.29. The van der Waals surface area contributed by atoms with Crippen molar-refractivity contribution < 1.29 is 9.90 Å². The summed E-state index contributed by atoms with van der Waals surface area (Å²) in [5.74, 6) is 0.145. The van der Waals surface area contributed by atoms with Gasteiger partial charge in [0.05, 0.1) is 5.60 Å². The van der Waals surface area contributed by atoms with Gasteiger partial charge in [0.25, 0.3) is 0 Å². The van der Waals surface area contributed by atoms with Gasteiger partial charge in [-0.05, 0) is 38.3 Å². The van der Waals surface area contributed by atoms with Gasteiger partial charge in [-0.3, -0.25) is 4.79 Å². The number of benzene rings is 1. The molecule has 4 nitrogen and oxygen atoms in total. The molecule has 1 amide bonds. The second-order valence-corrected chi connectivity index (χ2v) is 6.36. The smallest absolute Gasteiger partial charge is 0.225 e. The second-order valence-electron chi connectivity index (χ2n) is 6.36. The fraction of sp³-hybridized carbons (Fsp3) is 0.588. The highest BCUT2D eigenvalue weighted by molar-refractivity contribution is 5.91. The maximum Gasteiger partial charge on any atom is 0.225 e. The first kappa shape index (κ1) is 17.7. The number of nitrogens with one attached hydrogen (secondary N) is 2. The van der Waals surface area contributed by atoms with Gasteiger partial charge in [0, 0.05) is 24.7 Å². The van der Waals surface area contributed by atoms with Crippen molar-refractivity contribution in [3.63, 3.8) is 0 Å². The van der Waals surface area contributed by atoms with E-state index in [2.05, 4.69) is 10.6 Å². The Balaban J connectivity index is 2.43. The van der Waals surface area contributed by atoms with Gasteiger partial charge in [-0.15, -0.1) is 0 Å². The van der Waals surface area contributed by atoms with Gasteiger partial charge < -0.3 is 15.7 Å². The molecule has 2 unspecified atom stereocenters. The number of hydrogen-bond donors (Lipinski definition) is 3. The topological polar surface area (TPSA) is 61.4 Å². The van der Waals surface area contributed by atoms with E-state index in [1.165, 1.54) is 0 Å². The lowest BCUT2D eigenvalue weighted by molar-refractivity contribution is -0.116. The highest BCUT2D eigenvalue weighted by Gasteiger charge is 2.25. The van der Waals surface area contributed by atoms with Crippen LogP contribution in [0.1, 0.15) is 39.7 Å². The van der Waals surface area contributed by atoms with Crippen LogP contribution in [0.3, 0.4) is 0 Å². The molecule has 0 heterocycles. The van der Waals surface area contributed by atoms with Crippen LogP contribution in [0.5, 0.6) is 0 Å². The highest BCUT2D eigenvalue weighted by Crippen LogP contribution is 2.16. The molecule has 0 aliphatic carbocycles. The number of hydrogen-bond acceptors (Lipinski definition) is 3. The zero-order valence-electron chi connectivity index (χ0n) is 13.7. The van der Waals surface area contributed by atoms with Crippen LogP contribution < -0.4 is 10.6 Å². The zero-order valence-corrected chi connectivity index (χ0v) is 13.7. The third-order valence-electron chi connectivity index (χ3n) is 3.96. The van der Waals surface area contributed by atoms with Crippen molar-refractivity contribution in [2.45, 2.75) is 52.7 Å². The molecular weight excluding hydrogens is 264 g/mol. The predicted molar refractivity (Wildman–Crippen MR) is 87.4 cm³/mol. The molecule has 1 rings (SSSR count). The number of amides is 1. The van der Waals surface area contributed by atoms with Crippen molar-refractivity contribution in [3.8, 4) is 0 Å². The number of carbonyl (C=O) groups excluding carboxylic acids is 1. The van der Waals surface area contributed by atoms with E-state index in [0.717, 1.165) is 11.3 Å². The van der Waals surface area contributed by atoms with Gasteiger partial charge in [0.1, 0.15) is 0 Å². The number of anilines is 1. The van der Waals surface area contributed by atoms with Gasteiger partial charge in [-0.2, -0.15) is 0 Å². The molecule has 0 saturated heterocycles. The number of para-hydroxylation sites is 1. The molecule has 0 spiro atoms. The van der Waals surface area contributed by atoms with Crippen LogP contribution in [0, 0.1) is 12.8 Å². The fourth-order valence-electron chi connectivity index (χ4n) is 1.85. The number of carbonyl (C=O) groups is 1. The summed E-state index contributed by atoms with van der Waals surface area (Å²) in [5.41, 5.74) is 1.14. The number of aryl methyl sites for hydroxylation is 1. The standard InChI is InChI=1S/C17H28N2O2/c1-12(2)17(5,21)11-18-14(4)10-16(20)19-15-9-7-6-8-13(15)3/h6-9,12,14,18,21H,10-11H2,1-5H3,(H,19,20). The Labute approximate surface area is 128 Å². The molecule has 0 radical (unpaired) electrons. The third kappa shape index (κ3) is 5.86. The van der Waals surface area contributed by atoms with Crippen molar-refractivity contribution in [3.05, 3.63) is 29.8 Å². The average Bonchev–Trinajstić information content (AvgIpc) is 2.39. The van der Waals surface area contributed by atoms with Crippen molar-refractivity contribution in [1.29, 1.82) is 0 Å². The van der Waals surface area contributed by atoms with E-state index in [1.807, 2.05) is 58.9 Å². The molecule has 0 aromatic heterocycles. The SMILES string of the molecule is Cc1ccccc1NC(=O)CC(C)NCC(C)(O)C(C)C. The van der Waals surface area contributed by atoms with Crippen LogP contribution in [0.4, 0.5) is 5.69 Å². The maximum absolute atomic E-state index is 12.0. The van der Waals surface area contributed by atoms with E-state index in [4.69, 9.17) is 0 Å². The Morgan fingerprint density at radius 1 is 1.29 bits per heavy atom. The predicted octanol–water partition coefficient (Wildman–Crippen LogP) is 2.71. The summed E-state index contributed by atoms with van der Waals surface area (Å²) in [7, 11) is 0. The monoisotopic (exact) mass is 292 g/mol. The van der Waals surface area contributed by atoms with E-state index < -0.39 is 5.60 Å². The van der Waals surface area contributed by atoms with Crippen LogP contribution in [0.25, 0.3) is 0 Å². The van der Waals surface area contributed by atoms with Crippen LogP contribution in [0.15, 0.2) is 24.3 Å². The van der Waals surface area contributed by atoms with E-state index in [9.17, 15) is 9.90 Å². The molecule has 118 valence electrons. The largest absolute Gasteiger partial charge is 0.389 e. The lowest BCUT2D eigenvalue weighted by atomic mass is 9.92. The molecule has 0 aliphatic heterocycles. The van der Waals surface area contributed by atoms with Crippen LogP contribution in [0.2, 0.25) is 0 Å². The quantitative estimate of drug-likeness (QED) is 0.724. The van der Waals surface area contributed by atoms with Crippen molar-refractivity contribution >= 4 is 11.6 Å². The maximum atomic E-state index is 12.0. The fourth-order valence-corrected chi connectivity index (χ4v) is 1.85. The lowest BCUT2D eigenvalue weighted by Crippen LogP contribution is -2.45. The molecule has 1 aromatic carbocycles. The van der Waals surface area contributed by atoms with Crippen molar-refractivity contribution in [2.75, 3.05) is 11.9 Å². The first-order chi connectivity index (χ1) is 9.72. The average molecular weight is 292 g/mol. The first-order valence-corrected chi connectivity index (χ1v) is 7.53. The first-order valence-electron chi connectivity index (χ1n) is 7.53. The Morgan fingerprint density at radius 3 is 2.48 bits per heavy atom. The summed E-state index contributed by atoms with van der Waals surface area (Å²) >= 11 is 0. The van der Waals surface area contributed by atoms with Crippen molar-refractivity contribution in [2.24, 2.45) is 5.92 Å². The van der Waals surface area contributed by atoms with E-state index >= 15 is 0 Å². The normalized spacial score (nSPS) is 15.6. The molecule has 21 heavy (non-hydrogen) atoms. The molecule has 0 saturated carbocycles. The van der Waals surface area contributed by atoms with Gasteiger partial charge >= 0.3 is 0 Å². The summed E-state index contributed by atoms with van der Waals surface area (Å²) in [4.78, 5) is 12.0. The van der Waals surface area contributed by atoms with Gasteiger partial charge in [0.15, 0.2) is 0 Å². The number of rotatable bonds is 7. The Morgan fingerprint density at radius 2 is 1.90 bits per heavy atom. The Bertz CT molecular complexity index is 470. The second kappa shape index (κ2) is 7.57. The summed E-state index contributed by atoms with van der Waals surface area (Å²) < 4.78 is 0. The molecule has 3 N–H and O–H groups in total. The summed E-state index contributed by atoms with van der Waals surface area (Å²) in [6, 6.07) is 7.73.